The van der Waals surface area contributed by atoms with E-state index in [2.05, 4.69) is 42.0 Å². The van der Waals surface area contributed by atoms with E-state index in [0.29, 0.717) is 15.2 Å². The van der Waals surface area contributed by atoms with Crippen LogP contribution in [-0.2, 0) is 0 Å². The van der Waals surface area contributed by atoms with Gasteiger partial charge in [-0.15, -0.1) is 0 Å². The molecule has 1 aliphatic carbocycles. The van der Waals surface area contributed by atoms with E-state index in [4.69, 9.17) is 23.2 Å². The number of carbonyl (C=O) groups is 3. The van der Waals surface area contributed by atoms with E-state index < -0.39 is 11.9 Å². The molecule has 4 rings (SSSR count). The maximum absolute atomic E-state index is 12.9. The summed E-state index contributed by atoms with van der Waals surface area (Å²) in [6.45, 7) is 1.70. The van der Waals surface area contributed by atoms with E-state index in [-0.39, 0.29) is 39.7 Å². The van der Waals surface area contributed by atoms with Crippen LogP contribution in [0.1, 0.15) is 39.3 Å². The van der Waals surface area contributed by atoms with Gasteiger partial charge in [-0.2, -0.15) is 5.10 Å². The largest absolute Gasteiger partial charge is 0.349 e. The van der Waals surface area contributed by atoms with Crippen molar-refractivity contribution in [3.63, 3.8) is 0 Å². The molecule has 9 nitrogen and oxygen atoms in total. The molecular formula is C21H17BrCl2N6O3. The Kier molecular flexibility index (Phi) is 6.68. The number of aromatic nitrogens is 3. The van der Waals surface area contributed by atoms with Crippen molar-refractivity contribution in [3.8, 4) is 5.82 Å². The predicted octanol–water partition coefficient (Wildman–Crippen LogP) is 4.50. The highest BCUT2D eigenvalue weighted by atomic mass is 79.9. The number of aryl methyl sites for hydroxylation is 1. The summed E-state index contributed by atoms with van der Waals surface area (Å²) >= 11 is 15.5. The van der Waals surface area contributed by atoms with Crippen LogP contribution in [0.5, 0.6) is 0 Å². The molecule has 12 heteroatoms. The van der Waals surface area contributed by atoms with Crippen molar-refractivity contribution in [2.45, 2.75) is 25.8 Å². The van der Waals surface area contributed by atoms with Crippen LogP contribution in [0.15, 0.2) is 41.1 Å². The van der Waals surface area contributed by atoms with Crippen LogP contribution < -0.4 is 16.0 Å². The molecule has 0 spiro atoms. The fraction of sp³-hybridized carbons (Fsp3) is 0.190. The molecule has 170 valence electrons. The van der Waals surface area contributed by atoms with Gasteiger partial charge < -0.3 is 10.6 Å². The van der Waals surface area contributed by atoms with Gasteiger partial charge in [0.1, 0.15) is 10.3 Å². The number of pyridine rings is 1. The molecule has 3 aromatic rings. The first-order chi connectivity index (χ1) is 15.7. The Balaban J connectivity index is 1.55. The molecule has 0 unspecified atom stereocenters. The minimum absolute atomic E-state index is 0.0251. The summed E-state index contributed by atoms with van der Waals surface area (Å²) in [6, 6.07) is 7.05. The van der Waals surface area contributed by atoms with Gasteiger partial charge in [-0.1, -0.05) is 23.2 Å². The Bertz CT molecular complexity index is 1270. The summed E-state index contributed by atoms with van der Waals surface area (Å²) in [7, 11) is 0. The summed E-state index contributed by atoms with van der Waals surface area (Å²) in [6.07, 6.45) is 3.32. The zero-order valence-electron chi connectivity index (χ0n) is 17.2. The molecule has 2 heterocycles. The van der Waals surface area contributed by atoms with Crippen LogP contribution in [-0.4, -0.2) is 38.7 Å². The SMILES string of the molecule is Cc1cc(Cl)cc(C(=O)NC2CC2)c1NC(=O)NC(=O)c1cc(Br)nn1-c1ncccc1Cl. The summed E-state index contributed by atoms with van der Waals surface area (Å²) in [5, 5.41) is 12.5. The van der Waals surface area contributed by atoms with Gasteiger partial charge in [0, 0.05) is 23.3 Å². The van der Waals surface area contributed by atoms with Gasteiger partial charge in [0.15, 0.2) is 5.82 Å². The molecule has 3 N–H and O–H groups in total. The molecule has 2 aromatic heterocycles. The summed E-state index contributed by atoms with van der Waals surface area (Å²) < 4.78 is 1.57. The van der Waals surface area contributed by atoms with Crippen molar-refractivity contribution < 1.29 is 14.4 Å². The fourth-order valence-corrected chi connectivity index (χ4v) is 3.95. The van der Waals surface area contributed by atoms with Crippen LogP contribution in [0.4, 0.5) is 10.5 Å². The van der Waals surface area contributed by atoms with Crippen molar-refractivity contribution in [3.05, 3.63) is 68.0 Å². The average molecular weight is 552 g/mol. The molecule has 1 aliphatic rings. The third kappa shape index (κ3) is 5.35. The molecule has 0 radical (unpaired) electrons. The first-order valence-electron chi connectivity index (χ1n) is 9.82. The first-order valence-corrected chi connectivity index (χ1v) is 11.4. The van der Waals surface area contributed by atoms with E-state index in [0.717, 1.165) is 12.8 Å². The second-order valence-corrected chi connectivity index (χ2v) is 9.03. The van der Waals surface area contributed by atoms with E-state index in [1.807, 2.05) is 0 Å². The standard InChI is InChI=1S/C21H17BrCl2N6O3/c1-10-7-11(23)8-13(19(31)26-12-4-5-12)17(10)27-21(33)28-20(32)15-9-16(22)29-30(15)18-14(24)3-2-6-25-18/h2-3,6-9,12H,4-5H2,1H3,(H,26,31)(H2,27,28,32,33). The topological polar surface area (TPSA) is 118 Å². The number of nitrogens with one attached hydrogen (secondary N) is 3. The van der Waals surface area contributed by atoms with Gasteiger partial charge in [-0.25, -0.2) is 14.5 Å². The Morgan fingerprint density at radius 1 is 1.15 bits per heavy atom. The zero-order chi connectivity index (χ0) is 23.7. The lowest BCUT2D eigenvalue weighted by Crippen LogP contribution is -2.36. The monoisotopic (exact) mass is 550 g/mol. The van der Waals surface area contributed by atoms with Crippen molar-refractivity contribution in [2.75, 3.05) is 5.32 Å². The van der Waals surface area contributed by atoms with E-state index >= 15 is 0 Å². The average Bonchev–Trinajstić information content (AvgIpc) is 3.48. The molecule has 4 amide bonds. The van der Waals surface area contributed by atoms with Crippen LogP contribution >= 0.6 is 39.1 Å². The number of nitrogens with zero attached hydrogens (tertiary/aromatic N) is 3. The third-order valence-electron chi connectivity index (χ3n) is 4.77. The van der Waals surface area contributed by atoms with Gasteiger partial charge in [-0.3, -0.25) is 14.9 Å². The Labute approximate surface area is 207 Å². The van der Waals surface area contributed by atoms with E-state index in [9.17, 15) is 14.4 Å². The molecule has 1 aromatic carbocycles. The number of carbonyl (C=O) groups excluding carboxylic acids is 3. The molecule has 0 aliphatic heterocycles. The molecule has 33 heavy (non-hydrogen) atoms. The van der Waals surface area contributed by atoms with E-state index in [1.54, 1.807) is 25.1 Å². The van der Waals surface area contributed by atoms with Gasteiger partial charge in [0.05, 0.1) is 16.3 Å². The van der Waals surface area contributed by atoms with Gasteiger partial charge in [0.25, 0.3) is 11.8 Å². The first kappa shape index (κ1) is 23.2. The lowest BCUT2D eigenvalue weighted by molar-refractivity contribution is 0.0947. The maximum atomic E-state index is 12.9. The van der Waals surface area contributed by atoms with Gasteiger partial charge >= 0.3 is 6.03 Å². The Hall–Kier alpha value is -2.95. The summed E-state index contributed by atoms with van der Waals surface area (Å²) in [4.78, 5) is 42.3. The maximum Gasteiger partial charge on any atom is 0.326 e. The van der Waals surface area contributed by atoms with Crippen LogP contribution in [0, 0.1) is 6.92 Å². The number of imide groups is 1. The molecule has 0 bridgehead atoms. The molecule has 1 saturated carbocycles. The summed E-state index contributed by atoms with van der Waals surface area (Å²) in [5.74, 6) is -0.873. The smallest absolute Gasteiger partial charge is 0.326 e. The minimum Gasteiger partial charge on any atom is -0.349 e. The highest BCUT2D eigenvalue weighted by molar-refractivity contribution is 9.10. The van der Waals surface area contributed by atoms with Gasteiger partial charge in [-0.05, 0) is 65.5 Å². The van der Waals surface area contributed by atoms with Crippen LogP contribution in [0.25, 0.3) is 5.82 Å². The van der Waals surface area contributed by atoms with Gasteiger partial charge in [0.2, 0.25) is 0 Å². The van der Waals surface area contributed by atoms with Crippen molar-refractivity contribution >= 4 is 62.7 Å². The number of urea groups is 1. The Morgan fingerprint density at radius 3 is 2.61 bits per heavy atom. The number of hydrogen-bond acceptors (Lipinski definition) is 5. The van der Waals surface area contributed by atoms with Crippen molar-refractivity contribution in [1.29, 1.82) is 0 Å². The molecule has 0 atom stereocenters. The summed E-state index contributed by atoms with van der Waals surface area (Å²) in [5.41, 5.74) is 1.06. The number of halogens is 3. The second-order valence-electron chi connectivity index (χ2n) is 7.37. The zero-order valence-corrected chi connectivity index (χ0v) is 20.3. The van der Waals surface area contributed by atoms with Crippen molar-refractivity contribution in [2.24, 2.45) is 0 Å². The number of anilines is 1. The normalized spacial score (nSPS) is 12.8. The molecule has 1 fully saturated rings. The lowest BCUT2D eigenvalue weighted by Gasteiger charge is -2.15. The fourth-order valence-electron chi connectivity index (χ4n) is 3.10. The van der Waals surface area contributed by atoms with Crippen molar-refractivity contribution in [1.82, 2.24) is 25.4 Å². The second kappa shape index (κ2) is 9.50. The van der Waals surface area contributed by atoms with Crippen LogP contribution in [0.2, 0.25) is 10.0 Å². The highest BCUT2D eigenvalue weighted by Crippen LogP contribution is 2.27. The van der Waals surface area contributed by atoms with Crippen LogP contribution in [0.3, 0.4) is 0 Å². The predicted molar refractivity (Wildman–Crippen MR) is 127 cm³/mol. The lowest BCUT2D eigenvalue weighted by atomic mass is 10.1. The number of rotatable bonds is 5. The number of amides is 4. The molecule has 0 saturated heterocycles. The third-order valence-corrected chi connectivity index (χ3v) is 5.68. The number of hydrogen-bond donors (Lipinski definition) is 3. The minimum atomic E-state index is -0.832. The van der Waals surface area contributed by atoms with E-state index in [1.165, 1.54) is 23.0 Å². The Morgan fingerprint density at radius 2 is 1.91 bits per heavy atom. The number of benzene rings is 1. The molecular weight excluding hydrogens is 535 g/mol. The quantitative estimate of drug-likeness (QED) is 0.431. The highest BCUT2D eigenvalue weighted by Gasteiger charge is 2.26.